The number of hydrogen-bond acceptors (Lipinski definition) is 11. The first kappa shape index (κ1) is 26.4. The number of Topliss-reactive ketones (excluding diaryl/α,β-unsaturated/α-hetero) is 1. The van der Waals surface area contributed by atoms with Crippen molar-refractivity contribution in [2.45, 2.75) is 25.4 Å². The minimum atomic E-state index is -1.40. The summed E-state index contributed by atoms with van der Waals surface area (Å²) in [5.74, 6) is -2.81. The number of carboxylic acids is 1. The van der Waals surface area contributed by atoms with Crippen molar-refractivity contribution in [2.75, 3.05) is 11.1 Å². The van der Waals surface area contributed by atoms with E-state index >= 15 is 0 Å². The van der Waals surface area contributed by atoms with Gasteiger partial charge < -0.3 is 26.5 Å². The minimum absolute atomic E-state index is 0.0377. The summed E-state index contributed by atoms with van der Waals surface area (Å²) in [6, 6.07) is 4.69. The molecule has 1 amide bonds. The van der Waals surface area contributed by atoms with Crippen LogP contribution in [0.3, 0.4) is 0 Å². The van der Waals surface area contributed by atoms with Gasteiger partial charge in [-0.15, -0.1) is 0 Å². The van der Waals surface area contributed by atoms with Gasteiger partial charge in [0.05, 0.1) is 24.0 Å². The number of carboxylic acid groups (broad SMARTS) is 1. The first-order valence-electron chi connectivity index (χ1n) is 11.3. The van der Waals surface area contributed by atoms with Crippen molar-refractivity contribution in [2.24, 2.45) is 0 Å². The van der Waals surface area contributed by atoms with Crippen molar-refractivity contribution in [3.8, 4) is 0 Å². The predicted molar refractivity (Wildman–Crippen MR) is 136 cm³/mol. The Labute approximate surface area is 216 Å². The Hall–Kier alpha value is -5.67. The fourth-order valence-corrected chi connectivity index (χ4v) is 3.51. The number of aliphatic carboxylic acids is 1. The van der Waals surface area contributed by atoms with Crippen LogP contribution in [-0.2, 0) is 11.3 Å². The van der Waals surface area contributed by atoms with E-state index in [9.17, 15) is 33.9 Å². The van der Waals surface area contributed by atoms with Crippen LogP contribution >= 0.6 is 0 Å². The number of nitrogens with zero attached hydrogens (tertiary/aromatic N) is 3. The molecule has 39 heavy (non-hydrogen) atoms. The van der Waals surface area contributed by atoms with E-state index in [1.54, 1.807) is 12.1 Å². The number of fused-ring (bicyclic) bond motifs is 1. The van der Waals surface area contributed by atoms with Crippen LogP contribution in [0.1, 0.15) is 39.3 Å². The molecule has 4 rings (SSSR count). The molecule has 0 aliphatic rings. The number of nitrogen functional groups attached to an aromatic ring is 1. The summed E-state index contributed by atoms with van der Waals surface area (Å²) in [5.41, 5.74) is 4.34. The van der Waals surface area contributed by atoms with E-state index in [0.717, 1.165) is 6.20 Å². The van der Waals surface area contributed by atoms with E-state index in [1.165, 1.54) is 18.3 Å². The molecule has 0 bridgehead atoms. The Bertz CT molecular complexity index is 1740. The molecule has 16 heteroatoms. The minimum Gasteiger partial charge on any atom is -0.480 e. The average Bonchev–Trinajstić information content (AvgIpc) is 2.89. The molecule has 200 valence electrons. The molecule has 0 unspecified atom stereocenters. The first-order chi connectivity index (χ1) is 18.6. The smallest absolute Gasteiger partial charge is 0.326 e. The lowest BCUT2D eigenvalue weighted by molar-refractivity contribution is -0.139. The molecule has 3 aromatic heterocycles. The van der Waals surface area contributed by atoms with E-state index in [4.69, 9.17) is 5.73 Å². The van der Waals surface area contributed by atoms with Crippen LogP contribution in [0.2, 0.25) is 0 Å². The van der Waals surface area contributed by atoms with Gasteiger partial charge in [-0.2, -0.15) is 4.98 Å². The van der Waals surface area contributed by atoms with Crippen molar-refractivity contribution in [1.82, 2.24) is 35.2 Å². The first-order valence-corrected chi connectivity index (χ1v) is 11.3. The molecule has 16 nitrogen and oxygen atoms in total. The van der Waals surface area contributed by atoms with Crippen LogP contribution in [0.15, 0.2) is 51.0 Å². The molecule has 8 N–H and O–H groups in total. The van der Waals surface area contributed by atoms with E-state index in [0.29, 0.717) is 11.4 Å². The summed E-state index contributed by atoms with van der Waals surface area (Å²) in [5, 5.41) is 14.9. The third-order valence-corrected chi connectivity index (χ3v) is 5.49. The second-order valence-electron chi connectivity index (χ2n) is 8.23. The van der Waals surface area contributed by atoms with Crippen molar-refractivity contribution in [3.05, 3.63) is 84.7 Å². The summed E-state index contributed by atoms with van der Waals surface area (Å²) in [7, 11) is 0. The third-order valence-electron chi connectivity index (χ3n) is 5.49. The number of rotatable bonds is 10. The lowest BCUT2D eigenvalue weighted by atomic mass is 10.0. The third kappa shape index (κ3) is 6.37. The Balaban J connectivity index is 1.35. The van der Waals surface area contributed by atoms with Crippen molar-refractivity contribution >= 4 is 40.5 Å². The normalized spacial score (nSPS) is 11.6. The number of nitrogens with two attached hydrogens (primary N) is 1. The number of amides is 1. The number of aromatic nitrogens is 6. The number of carbonyl (C=O) groups excluding carboxylic acids is 2. The summed E-state index contributed by atoms with van der Waals surface area (Å²) < 4.78 is 0. The number of benzene rings is 1. The fourth-order valence-electron chi connectivity index (χ4n) is 3.51. The van der Waals surface area contributed by atoms with Gasteiger partial charge in [-0.1, -0.05) is 0 Å². The van der Waals surface area contributed by atoms with Gasteiger partial charge >= 0.3 is 11.7 Å². The maximum atomic E-state index is 12.6. The standard InChI is InChI=1S/C23H21N9O7/c24-22-30-17-16(20(36)31-22)28-12(8-26-17)7-25-11-3-1-10(2-4-11)18(34)29-14(21(37)38)5-6-15(33)13-9-27-23(39)32-19(13)35/h1-4,8-9,14,25H,5-7H2,(H,29,34)(H,37,38)(H2,27,32,35,39)(H3,24,26,30,31,36)/t14-/m0/s1. The van der Waals surface area contributed by atoms with Crippen LogP contribution in [0.5, 0.6) is 0 Å². The number of ketones is 1. The van der Waals surface area contributed by atoms with Crippen LogP contribution in [0.4, 0.5) is 11.6 Å². The lowest BCUT2D eigenvalue weighted by Crippen LogP contribution is -2.41. The molecule has 0 saturated heterocycles. The molecule has 0 aliphatic heterocycles. The SMILES string of the molecule is Nc1nc2ncc(CNc3ccc(C(=O)N[C@@H](CCC(=O)c4c[nH]c(=O)[nH]c4=O)C(=O)O)cc3)nc2c(=O)[nH]1. The second kappa shape index (κ2) is 11.2. The van der Waals surface area contributed by atoms with E-state index in [2.05, 4.69) is 35.6 Å². The number of carbonyl (C=O) groups is 3. The Morgan fingerprint density at radius 2 is 1.77 bits per heavy atom. The van der Waals surface area contributed by atoms with Crippen LogP contribution < -0.4 is 33.2 Å². The highest BCUT2D eigenvalue weighted by Crippen LogP contribution is 2.12. The second-order valence-corrected chi connectivity index (χ2v) is 8.23. The van der Waals surface area contributed by atoms with Gasteiger partial charge in [0.15, 0.2) is 16.9 Å². The Kier molecular flexibility index (Phi) is 7.55. The highest BCUT2D eigenvalue weighted by molar-refractivity contribution is 5.98. The van der Waals surface area contributed by atoms with Crippen LogP contribution in [0.25, 0.3) is 11.2 Å². The van der Waals surface area contributed by atoms with E-state index < -0.39 is 40.5 Å². The topological polar surface area (TPSA) is 259 Å². The van der Waals surface area contributed by atoms with Crippen LogP contribution in [-0.4, -0.2) is 58.7 Å². The molecule has 0 fully saturated rings. The van der Waals surface area contributed by atoms with Crippen molar-refractivity contribution in [1.29, 1.82) is 0 Å². The number of nitrogens with one attached hydrogen (secondary N) is 5. The molecule has 1 aromatic carbocycles. The van der Waals surface area contributed by atoms with Gasteiger partial charge in [0, 0.05) is 23.9 Å². The monoisotopic (exact) mass is 535 g/mol. The summed E-state index contributed by atoms with van der Waals surface area (Å²) >= 11 is 0. The summed E-state index contributed by atoms with van der Waals surface area (Å²) in [4.78, 5) is 89.9. The fraction of sp³-hybridized carbons (Fsp3) is 0.174. The van der Waals surface area contributed by atoms with Gasteiger partial charge in [-0.05, 0) is 30.7 Å². The summed E-state index contributed by atoms with van der Waals surface area (Å²) in [6.07, 6.45) is 1.75. The van der Waals surface area contributed by atoms with Gasteiger partial charge in [-0.25, -0.2) is 19.6 Å². The van der Waals surface area contributed by atoms with Gasteiger partial charge in [0.1, 0.15) is 6.04 Å². The molecule has 3 heterocycles. The maximum Gasteiger partial charge on any atom is 0.326 e. The molecule has 4 aromatic rings. The molecule has 0 radical (unpaired) electrons. The lowest BCUT2D eigenvalue weighted by Gasteiger charge is -2.14. The Morgan fingerprint density at radius 3 is 2.46 bits per heavy atom. The van der Waals surface area contributed by atoms with Gasteiger partial charge in [0.25, 0.3) is 17.0 Å². The van der Waals surface area contributed by atoms with Crippen molar-refractivity contribution in [3.63, 3.8) is 0 Å². The summed E-state index contributed by atoms with van der Waals surface area (Å²) in [6.45, 7) is 0.200. The number of aromatic amines is 3. The van der Waals surface area contributed by atoms with Crippen molar-refractivity contribution < 1.29 is 19.5 Å². The van der Waals surface area contributed by atoms with E-state index in [-0.39, 0.29) is 47.6 Å². The van der Waals surface area contributed by atoms with Gasteiger partial charge in [-0.3, -0.25) is 29.1 Å². The predicted octanol–water partition coefficient (Wildman–Crippen LogP) is -0.870. The van der Waals surface area contributed by atoms with Crippen LogP contribution in [0, 0.1) is 0 Å². The zero-order valence-corrected chi connectivity index (χ0v) is 20.0. The number of hydrogen-bond donors (Lipinski definition) is 7. The molecule has 0 spiro atoms. The number of anilines is 2. The van der Waals surface area contributed by atoms with Gasteiger partial charge in [0.2, 0.25) is 5.95 Å². The average molecular weight is 535 g/mol. The molecular formula is C23H21N9O7. The highest BCUT2D eigenvalue weighted by Gasteiger charge is 2.23. The highest BCUT2D eigenvalue weighted by atomic mass is 16.4. The Morgan fingerprint density at radius 1 is 1.03 bits per heavy atom. The largest absolute Gasteiger partial charge is 0.480 e. The van der Waals surface area contributed by atoms with E-state index in [1.807, 2.05) is 4.98 Å². The number of H-pyrrole nitrogens is 3. The quantitative estimate of drug-likeness (QED) is 0.122. The zero-order chi connectivity index (χ0) is 28.1. The molecular weight excluding hydrogens is 514 g/mol. The molecule has 0 saturated carbocycles. The molecule has 1 atom stereocenters. The molecule has 0 aliphatic carbocycles. The zero-order valence-electron chi connectivity index (χ0n) is 20.0. The maximum absolute atomic E-state index is 12.6.